The Morgan fingerprint density at radius 3 is 2.36 bits per heavy atom. The summed E-state index contributed by atoms with van der Waals surface area (Å²) < 4.78 is 1.60. The van der Waals surface area contributed by atoms with E-state index in [0.717, 1.165) is 17.7 Å². The summed E-state index contributed by atoms with van der Waals surface area (Å²) in [5.74, 6) is 0.984. The SMILES string of the molecule is Nc1cc(C(O)N(CCc2ccccc2)Cc2ccccc2)cc2nc(-c3ccc[nH]3)nn12. The second-order valence-electron chi connectivity index (χ2n) is 8.07. The van der Waals surface area contributed by atoms with Gasteiger partial charge in [0.15, 0.2) is 11.5 Å². The third-order valence-electron chi connectivity index (χ3n) is 5.73. The second kappa shape index (κ2) is 9.28. The van der Waals surface area contributed by atoms with E-state index in [1.54, 1.807) is 10.6 Å². The molecule has 4 N–H and O–H groups in total. The molecule has 0 saturated heterocycles. The molecule has 5 aromatic rings. The highest BCUT2D eigenvalue weighted by Crippen LogP contribution is 2.25. The van der Waals surface area contributed by atoms with Crippen LogP contribution < -0.4 is 5.73 Å². The molecular formula is C26H26N6O. The number of hydrogen-bond donors (Lipinski definition) is 3. The molecule has 1 unspecified atom stereocenters. The first-order valence-electron chi connectivity index (χ1n) is 11.0. The van der Waals surface area contributed by atoms with Gasteiger partial charge in [0, 0.05) is 24.8 Å². The lowest BCUT2D eigenvalue weighted by molar-refractivity contribution is -0.00367. The lowest BCUT2D eigenvalue weighted by Gasteiger charge is -2.28. The van der Waals surface area contributed by atoms with E-state index in [4.69, 9.17) is 5.73 Å². The van der Waals surface area contributed by atoms with Crippen LogP contribution in [0, 0.1) is 0 Å². The van der Waals surface area contributed by atoms with Gasteiger partial charge in [-0.2, -0.15) is 4.52 Å². The number of hydrogen-bond acceptors (Lipinski definition) is 5. The number of aliphatic hydroxyl groups excluding tert-OH is 1. The summed E-state index contributed by atoms with van der Waals surface area (Å²) >= 11 is 0. The summed E-state index contributed by atoms with van der Waals surface area (Å²) in [5, 5.41) is 15.9. The molecular weight excluding hydrogens is 412 g/mol. The zero-order valence-electron chi connectivity index (χ0n) is 18.2. The number of nitrogen functional groups attached to an aromatic ring is 1. The summed E-state index contributed by atoms with van der Waals surface area (Å²) in [5.41, 5.74) is 10.8. The molecule has 0 aliphatic carbocycles. The summed E-state index contributed by atoms with van der Waals surface area (Å²) in [7, 11) is 0. The van der Waals surface area contributed by atoms with Gasteiger partial charge >= 0.3 is 0 Å². The molecule has 0 aliphatic rings. The van der Waals surface area contributed by atoms with E-state index in [9.17, 15) is 5.11 Å². The number of nitrogens with one attached hydrogen (secondary N) is 1. The van der Waals surface area contributed by atoms with Crippen molar-refractivity contribution >= 4 is 11.5 Å². The molecule has 0 bridgehead atoms. The molecule has 7 heteroatoms. The van der Waals surface area contributed by atoms with Crippen molar-refractivity contribution < 1.29 is 5.11 Å². The Kier molecular flexibility index (Phi) is 5.89. The Hall–Kier alpha value is -3.94. The average molecular weight is 439 g/mol. The largest absolute Gasteiger partial charge is 0.384 e. The maximum atomic E-state index is 11.4. The van der Waals surface area contributed by atoms with Crippen LogP contribution in [0.1, 0.15) is 22.9 Å². The van der Waals surface area contributed by atoms with Crippen molar-refractivity contribution in [3.63, 3.8) is 0 Å². The number of nitrogens with two attached hydrogens (primary N) is 1. The molecule has 0 spiro atoms. The first-order chi connectivity index (χ1) is 16.2. The summed E-state index contributed by atoms with van der Waals surface area (Å²) in [6, 6.07) is 27.9. The van der Waals surface area contributed by atoms with Gasteiger partial charge in [0.25, 0.3) is 0 Å². The van der Waals surface area contributed by atoms with Gasteiger partial charge in [-0.05, 0) is 41.8 Å². The van der Waals surface area contributed by atoms with Crippen LogP contribution in [0.15, 0.2) is 91.1 Å². The van der Waals surface area contributed by atoms with Crippen LogP contribution in [-0.4, -0.2) is 36.1 Å². The predicted octanol–water partition coefficient (Wildman–Crippen LogP) is 4.04. The van der Waals surface area contributed by atoms with Crippen molar-refractivity contribution in [2.24, 2.45) is 0 Å². The van der Waals surface area contributed by atoms with Gasteiger partial charge < -0.3 is 15.8 Å². The van der Waals surface area contributed by atoms with Crippen LogP contribution in [0.25, 0.3) is 17.2 Å². The number of aromatic nitrogens is 4. The van der Waals surface area contributed by atoms with Crippen molar-refractivity contribution in [3.8, 4) is 11.5 Å². The highest BCUT2D eigenvalue weighted by atomic mass is 16.3. The molecule has 33 heavy (non-hydrogen) atoms. The number of H-pyrrole nitrogens is 1. The molecule has 5 rings (SSSR count). The number of nitrogens with zero attached hydrogens (tertiary/aromatic N) is 4. The lowest BCUT2D eigenvalue weighted by atomic mass is 10.1. The van der Waals surface area contributed by atoms with Crippen molar-refractivity contribution in [1.82, 2.24) is 24.5 Å². The van der Waals surface area contributed by atoms with Crippen LogP contribution in [0.4, 0.5) is 5.82 Å². The van der Waals surface area contributed by atoms with E-state index in [1.807, 2.05) is 60.8 Å². The van der Waals surface area contributed by atoms with Crippen molar-refractivity contribution in [2.75, 3.05) is 12.3 Å². The number of aliphatic hydroxyl groups is 1. The van der Waals surface area contributed by atoms with Gasteiger partial charge in [-0.3, -0.25) is 4.90 Å². The van der Waals surface area contributed by atoms with Crippen LogP contribution in [0.5, 0.6) is 0 Å². The maximum absolute atomic E-state index is 11.4. The summed E-state index contributed by atoms with van der Waals surface area (Å²) in [4.78, 5) is 9.77. The quantitative estimate of drug-likeness (QED) is 0.318. The zero-order valence-corrected chi connectivity index (χ0v) is 18.2. The van der Waals surface area contributed by atoms with Gasteiger partial charge in [-0.25, -0.2) is 4.98 Å². The van der Waals surface area contributed by atoms with Crippen LogP contribution in [0.2, 0.25) is 0 Å². The fourth-order valence-electron chi connectivity index (χ4n) is 4.00. The maximum Gasteiger partial charge on any atom is 0.198 e. The molecule has 0 fully saturated rings. The molecule has 166 valence electrons. The van der Waals surface area contributed by atoms with Crippen molar-refractivity contribution in [1.29, 1.82) is 0 Å². The van der Waals surface area contributed by atoms with E-state index in [1.165, 1.54) is 5.56 Å². The molecule has 3 heterocycles. The highest BCUT2D eigenvalue weighted by Gasteiger charge is 2.21. The van der Waals surface area contributed by atoms with Crippen molar-refractivity contribution in [3.05, 3.63) is 108 Å². The Morgan fingerprint density at radius 1 is 0.939 bits per heavy atom. The van der Waals surface area contributed by atoms with E-state index in [2.05, 4.69) is 44.2 Å². The highest BCUT2D eigenvalue weighted by molar-refractivity contribution is 5.58. The third kappa shape index (κ3) is 4.64. The molecule has 0 saturated carbocycles. The van der Waals surface area contributed by atoms with E-state index < -0.39 is 6.23 Å². The van der Waals surface area contributed by atoms with Gasteiger partial charge in [0.05, 0.1) is 5.69 Å². The fourth-order valence-corrected chi connectivity index (χ4v) is 4.00. The van der Waals surface area contributed by atoms with E-state index in [-0.39, 0.29) is 0 Å². The number of fused-ring (bicyclic) bond motifs is 1. The Balaban J connectivity index is 1.44. The Morgan fingerprint density at radius 2 is 1.67 bits per heavy atom. The number of aromatic amines is 1. The van der Waals surface area contributed by atoms with Crippen molar-refractivity contribution in [2.45, 2.75) is 19.2 Å². The first kappa shape index (κ1) is 20.9. The van der Waals surface area contributed by atoms with Gasteiger partial charge in [0.2, 0.25) is 0 Å². The average Bonchev–Trinajstić information content (AvgIpc) is 3.53. The van der Waals surface area contributed by atoms with Crippen LogP contribution in [-0.2, 0) is 13.0 Å². The molecule has 7 nitrogen and oxygen atoms in total. The smallest absolute Gasteiger partial charge is 0.198 e. The van der Waals surface area contributed by atoms with Crippen LogP contribution in [0.3, 0.4) is 0 Å². The molecule has 2 aromatic carbocycles. The first-order valence-corrected chi connectivity index (χ1v) is 11.0. The van der Waals surface area contributed by atoms with Gasteiger partial charge in [-0.1, -0.05) is 60.7 Å². The molecule has 0 amide bonds. The normalized spacial score (nSPS) is 12.4. The zero-order chi connectivity index (χ0) is 22.6. The minimum absolute atomic E-state index is 0.426. The number of pyridine rings is 1. The van der Waals surface area contributed by atoms with E-state index in [0.29, 0.717) is 35.9 Å². The van der Waals surface area contributed by atoms with Gasteiger partial charge in [0.1, 0.15) is 12.0 Å². The van der Waals surface area contributed by atoms with Crippen LogP contribution >= 0.6 is 0 Å². The monoisotopic (exact) mass is 438 g/mol. The molecule has 1 atom stereocenters. The minimum atomic E-state index is -0.841. The Labute approximate surface area is 192 Å². The standard InChI is InChI=1S/C26H26N6O/c27-23-16-21(17-24-29-25(30-32(23)24)22-12-7-14-28-22)26(33)31(18-20-10-5-2-6-11-20)15-13-19-8-3-1-4-9-19/h1-12,14,16-17,26,28,33H,13,15,18,27H2. The van der Waals surface area contributed by atoms with E-state index >= 15 is 0 Å². The summed E-state index contributed by atoms with van der Waals surface area (Å²) in [6.45, 7) is 1.30. The lowest BCUT2D eigenvalue weighted by Crippen LogP contribution is -2.30. The number of benzene rings is 2. The van der Waals surface area contributed by atoms with Gasteiger partial charge in [-0.15, -0.1) is 5.10 Å². The number of rotatable bonds is 8. The fraction of sp³-hybridized carbons (Fsp3) is 0.154. The number of anilines is 1. The molecule has 0 aliphatic heterocycles. The molecule has 0 radical (unpaired) electrons. The molecule has 3 aromatic heterocycles. The second-order valence-corrected chi connectivity index (χ2v) is 8.07. The topological polar surface area (TPSA) is 95.5 Å². The summed E-state index contributed by atoms with van der Waals surface area (Å²) in [6.07, 6.45) is 1.81. The predicted molar refractivity (Wildman–Crippen MR) is 129 cm³/mol. The Bertz CT molecular complexity index is 1320. The minimum Gasteiger partial charge on any atom is -0.384 e. The third-order valence-corrected chi connectivity index (χ3v) is 5.73.